The van der Waals surface area contributed by atoms with Gasteiger partial charge in [0.1, 0.15) is 5.75 Å². The molecule has 1 atom stereocenters. The van der Waals surface area contributed by atoms with Gasteiger partial charge < -0.3 is 10.4 Å². The van der Waals surface area contributed by atoms with Gasteiger partial charge in [-0.2, -0.15) is 5.10 Å². The highest BCUT2D eigenvalue weighted by Crippen LogP contribution is 2.29. The summed E-state index contributed by atoms with van der Waals surface area (Å²) >= 11 is 0. The van der Waals surface area contributed by atoms with Crippen molar-refractivity contribution in [1.29, 1.82) is 0 Å². The van der Waals surface area contributed by atoms with Gasteiger partial charge in [0.05, 0.1) is 18.2 Å². The van der Waals surface area contributed by atoms with E-state index in [-0.39, 0.29) is 24.1 Å². The summed E-state index contributed by atoms with van der Waals surface area (Å²) in [5.41, 5.74) is 3.89. The van der Waals surface area contributed by atoms with Crippen LogP contribution in [0.5, 0.6) is 5.75 Å². The number of aryl methyl sites for hydroxylation is 2. The van der Waals surface area contributed by atoms with Gasteiger partial charge in [-0.05, 0) is 62.8 Å². The molecule has 0 aliphatic heterocycles. The monoisotopic (exact) mass is 327 g/mol. The zero-order valence-electron chi connectivity index (χ0n) is 14.5. The van der Waals surface area contributed by atoms with Gasteiger partial charge in [0.25, 0.3) is 0 Å². The highest BCUT2D eigenvalue weighted by Gasteiger charge is 2.25. The van der Waals surface area contributed by atoms with E-state index < -0.39 is 0 Å². The van der Waals surface area contributed by atoms with E-state index in [0.717, 1.165) is 36.1 Å². The third-order valence-electron chi connectivity index (χ3n) is 4.61. The summed E-state index contributed by atoms with van der Waals surface area (Å²) in [5, 5.41) is 17.6. The predicted molar refractivity (Wildman–Crippen MR) is 93.0 cm³/mol. The second-order valence-electron chi connectivity index (χ2n) is 6.92. The summed E-state index contributed by atoms with van der Waals surface area (Å²) in [6.45, 7) is 6.06. The lowest BCUT2D eigenvalue weighted by Crippen LogP contribution is -2.32. The van der Waals surface area contributed by atoms with Gasteiger partial charge in [-0.15, -0.1) is 0 Å². The molecular formula is C19H25N3O2. The summed E-state index contributed by atoms with van der Waals surface area (Å²) in [4.78, 5) is 12.4. The van der Waals surface area contributed by atoms with E-state index in [0.29, 0.717) is 6.04 Å². The van der Waals surface area contributed by atoms with Gasteiger partial charge in [0.15, 0.2) is 0 Å². The van der Waals surface area contributed by atoms with Crippen molar-refractivity contribution in [3.05, 3.63) is 46.8 Å². The molecule has 0 radical (unpaired) electrons. The lowest BCUT2D eigenvalue weighted by atomic mass is 9.93. The smallest absolute Gasteiger partial charge is 0.224 e. The number of benzene rings is 1. The fourth-order valence-electron chi connectivity index (χ4n) is 3.16. The molecule has 5 heteroatoms. The van der Waals surface area contributed by atoms with Crippen LogP contribution in [0.25, 0.3) is 0 Å². The van der Waals surface area contributed by atoms with E-state index in [1.54, 1.807) is 6.07 Å². The molecule has 0 saturated heterocycles. The fourth-order valence-corrected chi connectivity index (χ4v) is 3.16. The highest BCUT2D eigenvalue weighted by atomic mass is 16.3. The average Bonchev–Trinajstić information content (AvgIpc) is 2.96. The van der Waals surface area contributed by atoms with Crippen LogP contribution in [-0.4, -0.2) is 20.8 Å². The summed E-state index contributed by atoms with van der Waals surface area (Å²) in [6, 6.07) is 5.69. The van der Waals surface area contributed by atoms with Crippen molar-refractivity contribution in [2.75, 3.05) is 0 Å². The zero-order valence-corrected chi connectivity index (χ0v) is 14.5. The first-order chi connectivity index (χ1) is 11.4. The van der Waals surface area contributed by atoms with Crippen molar-refractivity contribution in [2.45, 2.75) is 58.5 Å². The number of carbonyl (C=O) groups is 1. The maximum absolute atomic E-state index is 12.4. The number of hydrogen-bond donors (Lipinski definition) is 2. The summed E-state index contributed by atoms with van der Waals surface area (Å²) < 4.78 is 1.98. The standard InChI is InChI=1S/C19H25N3O2/c1-12(2)22-11-15-5-4-6-16(19(15)21-22)20-18(24)10-14-8-7-13(3)17(23)9-14/h7-9,11-12,16,23H,4-6,10H2,1-3H3,(H,20,24). The van der Waals surface area contributed by atoms with Crippen molar-refractivity contribution >= 4 is 5.91 Å². The molecule has 0 saturated carbocycles. The number of phenols is 1. The Kier molecular flexibility index (Phi) is 4.60. The van der Waals surface area contributed by atoms with Gasteiger partial charge in [-0.1, -0.05) is 12.1 Å². The minimum absolute atomic E-state index is 0.0136. The van der Waals surface area contributed by atoms with Crippen molar-refractivity contribution in [3.8, 4) is 5.75 Å². The molecule has 1 aliphatic carbocycles. The molecule has 1 heterocycles. The molecule has 5 nitrogen and oxygen atoms in total. The lowest BCUT2D eigenvalue weighted by molar-refractivity contribution is -0.121. The Labute approximate surface area is 142 Å². The number of aromatic nitrogens is 2. The molecule has 1 aliphatic rings. The Bertz CT molecular complexity index is 749. The Morgan fingerprint density at radius 2 is 2.25 bits per heavy atom. The maximum atomic E-state index is 12.4. The fraction of sp³-hybridized carbons (Fsp3) is 0.474. The molecule has 2 N–H and O–H groups in total. The molecule has 0 fully saturated rings. The van der Waals surface area contributed by atoms with Crippen LogP contribution in [0.1, 0.15) is 61.2 Å². The Morgan fingerprint density at radius 1 is 1.46 bits per heavy atom. The van der Waals surface area contributed by atoms with Crippen molar-refractivity contribution in [1.82, 2.24) is 15.1 Å². The third-order valence-corrected chi connectivity index (χ3v) is 4.61. The van der Waals surface area contributed by atoms with E-state index in [1.165, 1.54) is 5.56 Å². The lowest BCUT2D eigenvalue weighted by Gasteiger charge is -2.22. The van der Waals surface area contributed by atoms with Crippen LogP contribution in [0.3, 0.4) is 0 Å². The number of hydrogen-bond acceptors (Lipinski definition) is 3. The normalized spacial score (nSPS) is 16.9. The molecule has 0 spiro atoms. The van der Waals surface area contributed by atoms with Crippen LogP contribution >= 0.6 is 0 Å². The second kappa shape index (κ2) is 6.67. The Morgan fingerprint density at radius 3 is 2.96 bits per heavy atom. The van der Waals surface area contributed by atoms with Gasteiger partial charge in [0, 0.05) is 12.2 Å². The predicted octanol–water partition coefficient (Wildman–Crippen LogP) is 3.21. The zero-order chi connectivity index (χ0) is 17.3. The molecule has 1 aromatic heterocycles. The molecule has 0 bridgehead atoms. The number of nitrogens with zero attached hydrogens (tertiary/aromatic N) is 2. The van der Waals surface area contributed by atoms with Gasteiger partial charge in [-0.25, -0.2) is 0 Å². The minimum Gasteiger partial charge on any atom is -0.508 e. The first kappa shape index (κ1) is 16.6. The number of rotatable bonds is 4. The summed E-state index contributed by atoms with van der Waals surface area (Å²) in [6.07, 6.45) is 5.39. The van der Waals surface area contributed by atoms with Crippen molar-refractivity contribution < 1.29 is 9.90 Å². The molecule has 2 aromatic rings. The summed E-state index contributed by atoms with van der Waals surface area (Å²) in [5.74, 6) is 0.200. The second-order valence-corrected chi connectivity index (χ2v) is 6.92. The van der Waals surface area contributed by atoms with Crippen molar-refractivity contribution in [3.63, 3.8) is 0 Å². The topological polar surface area (TPSA) is 67.2 Å². The summed E-state index contributed by atoms with van der Waals surface area (Å²) in [7, 11) is 0. The quantitative estimate of drug-likeness (QED) is 0.906. The van der Waals surface area contributed by atoms with Crippen LogP contribution in [-0.2, 0) is 17.6 Å². The van der Waals surface area contributed by atoms with Gasteiger partial charge >= 0.3 is 0 Å². The number of nitrogens with one attached hydrogen (secondary N) is 1. The van der Waals surface area contributed by atoms with E-state index in [9.17, 15) is 9.90 Å². The minimum atomic E-state index is -0.0322. The number of carbonyl (C=O) groups excluding carboxylic acids is 1. The molecule has 128 valence electrons. The van der Waals surface area contributed by atoms with E-state index in [1.807, 2.05) is 23.7 Å². The van der Waals surface area contributed by atoms with Gasteiger partial charge in [0.2, 0.25) is 5.91 Å². The van der Waals surface area contributed by atoms with Crippen LogP contribution in [0.15, 0.2) is 24.4 Å². The number of amides is 1. The third kappa shape index (κ3) is 3.45. The van der Waals surface area contributed by atoms with E-state index >= 15 is 0 Å². The SMILES string of the molecule is Cc1ccc(CC(=O)NC2CCCc3cn(C(C)C)nc32)cc1O. The maximum Gasteiger partial charge on any atom is 0.224 e. The van der Waals surface area contributed by atoms with Crippen molar-refractivity contribution in [2.24, 2.45) is 0 Å². The molecule has 24 heavy (non-hydrogen) atoms. The number of fused-ring (bicyclic) bond motifs is 1. The Balaban J connectivity index is 1.70. The van der Waals surface area contributed by atoms with E-state index in [4.69, 9.17) is 0 Å². The van der Waals surface area contributed by atoms with E-state index in [2.05, 4.69) is 30.5 Å². The highest BCUT2D eigenvalue weighted by molar-refractivity contribution is 5.79. The molecule has 1 amide bonds. The average molecular weight is 327 g/mol. The first-order valence-electron chi connectivity index (χ1n) is 8.60. The molecule has 3 rings (SSSR count). The Hall–Kier alpha value is -2.30. The largest absolute Gasteiger partial charge is 0.508 e. The van der Waals surface area contributed by atoms with Crippen LogP contribution in [0.2, 0.25) is 0 Å². The number of aromatic hydroxyl groups is 1. The molecule has 1 aromatic carbocycles. The van der Waals surface area contributed by atoms with Gasteiger partial charge in [-0.3, -0.25) is 9.48 Å². The van der Waals surface area contributed by atoms with Crippen LogP contribution < -0.4 is 5.32 Å². The first-order valence-corrected chi connectivity index (χ1v) is 8.60. The van der Waals surface area contributed by atoms with Crippen LogP contribution in [0, 0.1) is 6.92 Å². The van der Waals surface area contributed by atoms with Crippen LogP contribution in [0.4, 0.5) is 0 Å². The number of phenolic OH excluding ortho intramolecular Hbond substituents is 1. The molecule has 1 unspecified atom stereocenters. The molecular weight excluding hydrogens is 302 g/mol.